The van der Waals surface area contributed by atoms with Gasteiger partial charge in [-0.25, -0.2) is 4.79 Å². The highest BCUT2D eigenvalue weighted by Crippen LogP contribution is 2.12. The Labute approximate surface area is 160 Å². The molecule has 1 saturated heterocycles. The monoisotopic (exact) mass is 392 g/mol. The van der Waals surface area contributed by atoms with E-state index < -0.39 is 17.8 Å². The molecule has 0 spiro atoms. The summed E-state index contributed by atoms with van der Waals surface area (Å²) in [4.78, 5) is 58.4. The molecule has 4 N–H and O–H groups in total. The van der Waals surface area contributed by atoms with E-state index in [9.17, 15) is 19.2 Å². The number of aldehydes is 1. The molecule has 10 nitrogen and oxygen atoms in total. The maximum atomic E-state index is 10.9. The number of nitrogens with zero attached hydrogens (tertiary/aromatic N) is 2. The Morgan fingerprint density at radius 3 is 2.04 bits per heavy atom. The number of carbonyl (C=O) groups is 5. The van der Waals surface area contributed by atoms with Crippen LogP contribution in [0.15, 0.2) is 0 Å². The van der Waals surface area contributed by atoms with Gasteiger partial charge in [-0.15, -0.1) is 5.06 Å². The Balaban J connectivity index is 0. The Hall–Kier alpha value is -2.33. The summed E-state index contributed by atoms with van der Waals surface area (Å²) in [7, 11) is 3.72. The van der Waals surface area contributed by atoms with Crippen molar-refractivity contribution >= 4 is 30.0 Å². The van der Waals surface area contributed by atoms with Gasteiger partial charge < -0.3 is 21.1 Å². The molecular weight excluding hydrogens is 360 g/mol. The van der Waals surface area contributed by atoms with Gasteiger partial charge in [0.25, 0.3) is 11.8 Å². The van der Waals surface area contributed by atoms with E-state index in [-0.39, 0.29) is 31.2 Å². The molecule has 0 saturated carbocycles. The average molecular weight is 392 g/mol. The molecule has 156 valence electrons. The molecule has 1 unspecified atom stereocenters. The summed E-state index contributed by atoms with van der Waals surface area (Å²) >= 11 is 0. The van der Waals surface area contributed by atoms with E-state index >= 15 is 0 Å². The number of hydrogen-bond donors (Lipinski definition) is 2. The van der Waals surface area contributed by atoms with Crippen LogP contribution in [-0.4, -0.2) is 66.6 Å². The minimum Gasteiger partial charge on any atom is -0.368 e. The molecular formula is C17H32N4O6. The highest BCUT2D eigenvalue weighted by molar-refractivity contribution is 6.01. The van der Waals surface area contributed by atoms with Gasteiger partial charge in [-0.05, 0) is 40.4 Å². The van der Waals surface area contributed by atoms with E-state index in [4.69, 9.17) is 16.3 Å². The van der Waals surface area contributed by atoms with Crippen molar-refractivity contribution in [3.63, 3.8) is 0 Å². The highest BCUT2D eigenvalue weighted by atomic mass is 16.7. The van der Waals surface area contributed by atoms with E-state index in [1.165, 1.54) is 6.92 Å². The third-order valence-electron chi connectivity index (χ3n) is 3.37. The summed E-state index contributed by atoms with van der Waals surface area (Å²) in [5.41, 5.74) is 10.5. The molecule has 10 heteroatoms. The first-order valence-electron chi connectivity index (χ1n) is 8.78. The molecule has 0 aliphatic carbocycles. The van der Waals surface area contributed by atoms with E-state index in [0.29, 0.717) is 11.6 Å². The molecule has 0 aromatic carbocycles. The minimum atomic E-state index is -0.571. The van der Waals surface area contributed by atoms with Crippen molar-refractivity contribution in [1.29, 1.82) is 0 Å². The van der Waals surface area contributed by atoms with Crippen LogP contribution in [-0.2, 0) is 28.8 Å². The molecule has 1 aliphatic rings. The van der Waals surface area contributed by atoms with Crippen molar-refractivity contribution in [2.45, 2.75) is 58.4 Å². The van der Waals surface area contributed by atoms with Gasteiger partial charge >= 0.3 is 5.97 Å². The maximum Gasteiger partial charge on any atom is 0.332 e. The lowest BCUT2D eigenvalue weighted by Gasteiger charge is -2.20. The third kappa shape index (κ3) is 12.6. The Morgan fingerprint density at radius 1 is 1.22 bits per heavy atom. The SMILES string of the molecule is CN([13CH3])C(CCCC[15NH2])C(N)=O.C[13CH]=O.[13CH3]CC(=O)ON1C(=O)CCC1=O. The number of likely N-dealkylation sites (N-methyl/N-ethyl adjacent to an activating group) is 1. The van der Waals surface area contributed by atoms with Gasteiger partial charge in [0.15, 0.2) is 0 Å². The predicted octanol–water partition coefficient (Wildman–Crippen LogP) is -0.260. The van der Waals surface area contributed by atoms with Crippen LogP contribution in [0, 0.1) is 0 Å². The number of primary amides is 1. The Kier molecular flexibility index (Phi) is 15.8. The average Bonchev–Trinajstić information content (AvgIpc) is 2.91. The fourth-order valence-electron chi connectivity index (χ4n) is 1.96. The number of hydrogen-bond acceptors (Lipinski definition) is 8. The van der Waals surface area contributed by atoms with E-state index in [0.717, 1.165) is 25.5 Å². The van der Waals surface area contributed by atoms with Crippen LogP contribution in [0.4, 0.5) is 0 Å². The molecule has 1 aliphatic heterocycles. The normalized spacial score (nSPS) is 13.9. The fraction of sp³-hybridized carbons (Fsp3) is 0.706. The van der Waals surface area contributed by atoms with Gasteiger partial charge in [-0.3, -0.25) is 19.3 Å². The lowest BCUT2D eigenvalue weighted by atomic mass is 10.1. The van der Waals surface area contributed by atoms with Crippen LogP contribution >= 0.6 is 0 Å². The zero-order chi connectivity index (χ0) is 21.4. The van der Waals surface area contributed by atoms with Crippen molar-refractivity contribution in [1.82, 2.24) is 9.96 Å². The predicted molar refractivity (Wildman–Crippen MR) is 98.8 cm³/mol. The van der Waals surface area contributed by atoms with Crippen molar-refractivity contribution in [3.05, 3.63) is 0 Å². The molecule has 3 amide bonds. The Morgan fingerprint density at radius 2 is 1.70 bits per heavy atom. The standard InChI is InChI=1S/C8H19N3O.C7H9NO4.C2H4O/c1-11(2)7(8(10)12)5-3-4-6-9;1-2-7(11)12-8-5(9)3-4-6(8)10;1-2-3/h7H,3-6,9H2,1-2H3,(H2,10,12);2-4H2,1H3;2H,1H3/i1+1,9+1;1+1;2+1. The zero-order valence-corrected chi connectivity index (χ0v) is 16.6. The molecule has 0 bridgehead atoms. The van der Waals surface area contributed by atoms with E-state index in [1.54, 1.807) is 6.92 Å². The second-order valence-corrected chi connectivity index (χ2v) is 5.80. The highest BCUT2D eigenvalue weighted by Gasteiger charge is 2.32. The van der Waals surface area contributed by atoms with Crippen molar-refractivity contribution in [2.24, 2.45) is 11.5 Å². The van der Waals surface area contributed by atoms with Crippen LogP contribution in [0.3, 0.4) is 0 Å². The number of carbonyl (C=O) groups excluding carboxylic acids is 5. The number of hydroxylamine groups is 2. The number of rotatable bonds is 8. The molecule has 27 heavy (non-hydrogen) atoms. The first-order valence-corrected chi connectivity index (χ1v) is 8.78. The van der Waals surface area contributed by atoms with E-state index in [1.807, 2.05) is 19.0 Å². The van der Waals surface area contributed by atoms with Crippen LogP contribution in [0.1, 0.15) is 52.4 Å². The summed E-state index contributed by atoms with van der Waals surface area (Å²) in [6, 6.07) is -0.142. The first kappa shape index (κ1) is 26.9. The van der Waals surface area contributed by atoms with Gasteiger partial charge in [0.1, 0.15) is 6.29 Å². The summed E-state index contributed by atoms with van der Waals surface area (Å²) in [6.45, 7) is 3.71. The van der Waals surface area contributed by atoms with Crippen LogP contribution in [0.5, 0.6) is 0 Å². The molecule has 0 aromatic rings. The smallest absolute Gasteiger partial charge is 0.332 e. The van der Waals surface area contributed by atoms with Crippen LogP contribution < -0.4 is 11.5 Å². The second-order valence-electron chi connectivity index (χ2n) is 5.80. The van der Waals surface area contributed by atoms with Crippen molar-refractivity contribution < 1.29 is 28.8 Å². The Bertz CT molecular complexity index is 480. The summed E-state index contributed by atoms with van der Waals surface area (Å²) in [5, 5.41) is 0.547. The largest absolute Gasteiger partial charge is 0.368 e. The molecule has 1 rings (SSSR count). The lowest BCUT2D eigenvalue weighted by Crippen LogP contribution is -2.40. The maximum absolute atomic E-state index is 10.9. The van der Waals surface area contributed by atoms with Gasteiger partial charge in [-0.2, -0.15) is 0 Å². The van der Waals surface area contributed by atoms with Crippen LogP contribution in [0.2, 0.25) is 0 Å². The fourth-order valence-corrected chi connectivity index (χ4v) is 1.96. The quantitative estimate of drug-likeness (QED) is 0.188. The topological polar surface area (TPSA) is 153 Å². The molecule has 0 aromatic heterocycles. The van der Waals surface area contributed by atoms with Crippen LogP contribution in [0.25, 0.3) is 0 Å². The van der Waals surface area contributed by atoms with E-state index in [2.05, 4.69) is 4.84 Å². The second kappa shape index (κ2) is 15.9. The summed E-state index contributed by atoms with van der Waals surface area (Å²) < 4.78 is 0. The van der Waals surface area contributed by atoms with Gasteiger partial charge in [0, 0.05) is 19.3 Å². The summed E-state index contributed by atoms with van der Waals surface area (Å²) in [5.74, 6) is -1.71. The molecule has 1 atom stereocenters. The first-order chi connectivity index (χ1) is 12.7. The summed E-state index contributed by atoms with van der Waals surface area (Å²) in [6.07, 6.45) is 3.89. The molecule has 0 radical (unpaired) electrons. The number of imide groups is 1. The third-order valence-corrected chi connectivity index (χ3v) is 3.37. The number of unbranched alkanes of at least 4 members (excludes halogenated alkanes) is 1. The van der Waals surface area contributed by atoms with Gasteiger partial charge in [-0.1, -0.05) is 13.3 Å². The minimum absolute atomic E-state index is 0.135. The van der Waals surface area contributed by atoms with Crippen molar-refractivity contribution in [2.75, 3.05) is 20.6 Å². The lowest BCUT2D eigenvalue weighted by molar-refractivity contribution is -0.197. The van der Waals surface area contributed by atoms with Gasteiger partial charge in [0.2, 0.25) is 5.91 Å². The number of nitrogens with two attached hydrogens (primary N) is 2. The van der Waals surface area contributed by atoms with Gasteiger partial charge in [0.05, 0.1) is 6.04 Å². The zero-order valence-electron chi connectivity index (χ0n) is 16.6. The number of amides is 3. The van der Waals surface area contributed by atoms with Crippen molar-refractivity contribution in [3.8, 4) is 0 Å². The molecule has 1 heterocycles. The molecule has 1 fully saturated rings.